The summed E-state index contributed by atoms with van der Waals surface area (Å²) in [7, 11) is 0. The highest BCUT2D eigenvalue weighted by molar-refractivity contribution is 6.09. The van der Waals surface area contributed by atoms with E-state index < -0.39 is 0 Å². The molecule has 0 fully saturated rings. The molecule has 0 saturated carbocycles. The van der Waals surface area contributed by atoms with Crippen molar-refractivity contribution in [2.45, 2.75) is 12.3 Å². The molecule has 0 saturated heterocycles. The van der Waals surface area contributed by atoms with Gasteiger partial charge in [-0.25, -0.2) is 15.0 Å². The Morgan fingerprint density at radius 2 is 0.952 bits per heavy atom. The zero-order chi connectivity index (χ0) is 41.2. The number of aromatic nitrogens is 6. The van der Waals surface area contributed by atoms with Crippen LogP contribution in [0.4, 0.5) is 11.4 Å². The summed E-state index contributed by atoms with van der Waals surface area (Å²) in [5.41, 5.74) is 12.4. The number of para-hydroxylation sites is 3. The predicted molar refractivity (Wildman–Crippen MR) is 251 cm³/mol. The van der Waals surface area contributed by atoms with Crippen LogP contribution in [-0.2, 0) is 0 Å². The van der Waals surface area contributed by atoms with E-state index in [0.29, 0.717) is 35.3 Å². The number of allylic oxidation sites excluding steroid dienone is 4. The Morgan fingerprint density at radius 1 is 0.452 bits per heavy atom. The van der Waals surface area contributed by atoms with Gasteiger partial charge in [0.1, 0.15) is 11.4 Å². The molecule has 0 N–H and O–H groups in total. The molecular weight excluding hydrogens is 759 g/mol. The monoisotopic (exact) mass is 797 g/mol. The van der Waals surface area contributed by atoms with Crippen LogP contribution in [0.15, 0.2) is 224 Å². The van der Waals surface area contributed by atoms with Gasteiger partial charge in [-0.2, -0.15) is 0 Å². The van der Waals surface area contributed by atoms with E-state index in [0.717, 1.165) is 39.5 Å². The van der Waals surface area contributed by atoms with Crippen LogP contribution in [0.5, 0.6) is 0 Å². The number of fused-ring (bicyclic) bond motifs is 3. The largest absolute Gasteiger partial charge is 0.313 e. The number of hydrogen-bond donors (Lipinski definition) is 0. The number of pyridine rings is 2. The fraction of sp³-hybridized carbons (Fsp3) is 0.0364. The molecular formula is C55H39N7. The maximum absolute atomic E-state index is 5.15. The Kier molecular flexibility index (Phi) is 9.52. The number of anilines is 2. The van der Waals surface area contributed by atoms with Gasteiger partial charge in [-0.1, -0.05) is 127 Å². The van der Waals surface area contributed by atoms with Crippen LogP contribution >= 0.6 is 0 Å². The molecule has 4 heterocycles. The van der Waals surface area contributed by atoms with Gasteiger partial charge < -0.3 is 9.47 Å². The second-order valence-corrected chi connectivity index (χ2v) is 15.3. The SMILES string of the molecule is C1=C(c2nc(-c3ccccn3)nc(-c3ccccn3)n2)CC(c2ccccc2)C(N(c2ccccc2)c2ccc(-n3c4ccccc4c4ccccc43)cc2)=C1c1ccccc1. The molecule has 1 atom stereocenters. The summed E-state index contributed by atoms with van der Waals surface area (Å²) in [6.45, 7) is 0. The molecule has 62 heavy (non-hydrogen) atoms. The zero-order valence-electron chi connectivity index (χ0n) is 33.7. The van der Waals surface area contributed by atoms with E-state index in [1.807, 2.05) is 36.4 Å². The molecule has 6 aromatic carbocycles. The van der Waals surface area contributed by atoms with Crippen LogP contribution in [-0.4, -0.2) is 29.5 Å². The van der Waals surface area contributed by atoms with Gasteiger partial charge in [-0.05, 0) is 102 Å². The van der Waals surface area contributed by atoms with Gasteiger partial charge in [0.2, 0.25) is 0 Å². The first-order valence-corrected chi connectivity index (χ1v) is 20.8. The molecule has 0 bridgehead atoms. The normalized spacial score (nSPS) is 13.9. The van der Waals surface area contributed by atoms with Gasteiger partial charge in [0.05, 0.1) is 11.0 Å². The highest BCUT2D eigenvalue weighted by Crippen LogP contribution is 2.49. The Balaban J connectivity index is 1.14. The quantitative estimate of drug-likeness (QED) is 0.145. The van der Waals surface area contributed by atoms with Gasteiger partial charge in [-0.15, -0.1) is 0 Å². The van der Waals surface area contributed by atoms with E-state index in [-0.39, 0.29) is 5.92 Å². The maximum Gasteiger partial charge on any atom is 0.182 e. The number of rotatable bonds is 9. The Labute approximate surface area is 359 Å². The van der Waals surface area contributed by atoms with Crippen molar-refractivity contribution in [2.24, 2.45) is 0 Å². The molecule has 4 aromatic heterocycles. The summed E-state index contributed by atoms with van der Waals surface area (Å²) in [6, 6.07) is 70.0. The third kappa shape index (κ3) is 6.81. The molecule has 1 aliphatic rings. The van der Waals surface area contributed by atoms with Crippen LogP contribution in [0.1, 0.15) is 29.3 Å². The highest BCUT2D eigenvalue weighted by Gasteiger charge is 2.33. The second-order valence-electron chi connectivity index (χ2n) is 15.3. The molecule has 1 aliphatic carbocycles. The Hall–Kier alpha value is -8.29. The van der Waals surface area contributed by atoms with Crippen molar-refractivity contribution in [1.82, 2.24) is 29.5 Å². The van der Waals surface area contributed by atoms with Crippen molar-refractivity contribution < 1.29 is 0 Å². The highest BCUT2D eigenvalue weighted by atomic mass is 15.2. The van der Waals surface area contributed by atoms with E-state index in [9.17, 15) is 0 Å². The van der Waals surface area contributed by atoms with Crippen molar-refractivity contribution in [3.63, 3.8) is 0 Å². The predicted octanol–water partition coefficient (Wildman–Crippen LogP) is 12.9. The van der Waals surface area contributed by atoms with Crippen LogP contribution in [0.2, 0.25) is 0 Å². The first-order valence-electron chi connectivity index (χ1n) is 20.8. The summed E-state index contributed by atoms with van der Waals surface area (Å²) in [5.74, 6) is 1.49. The molecule has 10 aromatic rings. The van der Waals surface area contributed by atoms with Crippen molar-refractivity contribution >= 4 is 44.3 Å². The molecule has 0 radical (unpaired) electrons. The van der Waals surface area contributed by atoms with Crippen LogP contribution in [0.25, 0.3) is 61.7 Å². The summed E-state index contributed by atoms with van der Waals surface area (Å²) >= 11 is 0. The smallest absolute Gasteiger partial charge is 0.182 e. The average molecular weight is 798 g/mol. The summed E-state index contributed by atoms with van der Waals surface area (Å²) < 4.78 is 2.37. The number of nitrogens with zero attached hydrogens (tertiary/aromatic N) is 7. The van der Waals surface area contributed by atoms with E-state index in [4.69, 9.17) is 15.0 Å². The first-order chi connectivity index (χ1) is 30.8. The number of hydrogen-bond acceptors (Lipinski definition) is 6. The summed E-state index contributed by atoms with van der Waals surface area (Å²) in [5, 5.41) is 2.48. The third-order valence-corrected chi connectivity index (χ3v) is 11.5. The molecule has 0 aliphatic heterocycles. The van der Waals surface area contributed by atoms with E-state index in [1.165, 1.54) is 27.4 Å². The molecule has 7 heteroatoms. The summed E-state index contributed by atoms with van der Waals surface area (Å²) in [4.78, 5) is 26.9. The molecule has 1 unspecified atom stereocenters. The van der Waals surface area contributed by atoms with Crippen LogP contribution in [0, 0.1) is 0 Å². The Bertz CT molecular complexity index is 3130. The van der Waals surface area contributed by atoms with Gasteiger partial charge in [-0.3, -0.25) is 9.97 Å². The van der Waals surface area contributed by atoms with Crippen molar-refractivity contribution in [3.05, 3.63) is 241 Å². The minimum absolute atomic E-state index is 0.100. The third-order valence-electron chi connectivity index (χ3n) is 11.5. The van der Waals surface area contributed by atoms with Gasteiger partial charge >= 0.3 is 0 Å². The Morgan fingerprint density at radius 3 is 1.53 bits per heavy atom. The lowest BCUT2D eigenvalue weighted by molar-refractivity contribution is 0.782. The minimum Gasteiger partial charge on any atom is -0.313 e. The topological polar surface area (TPSA) is 72.6 Å². The minimum atomic E-state index is -0.100. The van der Waals surface area contributed by atoms with Crippen molar-refractivity contribution in [3.8, 4) is 28.7 Å². The van der Waals surface area contributed by atoms with Crippen LogP contribution in [0.3, 0.4) is 0 Å². The van der Waals surface area contributed by atoms with E-state index in [2.05, 4.69) is 189 Å². The molecule has 7 nitrogen and oxygen atoms in total. The molecule has 0 spiro atoms. The van der Waals surface area contributed by atoms with E-state index in [1.54, 1.807) is 12.4 Å². The lowest BCUT2D eigenvalue weighted by atomic mass is 9.79. The van der Waals surface area contributed by atoms with Gasteiger partial charge in [0.15, 0.2) is 17.5 Å². The molecule has 11 rings (SSSR count). The van der Waals surface area contributed by atoms with Gasteiger partial charge in [0, 0.05) is 57.4 Å². The second kappa shape index (κ2) is 16.0. The van der Waals surface area contributed by atoms with E-state index >= 15 is 0 Å². The summed E-state index contributed by atoms with van der Waals surface area (Å²) in [6.07, 6.45) is 6.44. The number of benzene rings is 6. The lowest BCUT2D eigenvalue weighted by Gasteiger charge is -2.38. The lowest BCUT2D eigenvalue weighted by Crippen LogP contribution is -2.26. The van der Waals surface area contributed by atoms with Crippen LogP contribution < -0.4 is 4.90 Å². The molecule has 294 valence electrons. The van der Waals surface area contributed by atoms with Crippen molar-refractivity contribution in [1.29, 1.82) is 0 Å². The van der Waals surface area contributed by atoms with Crippen molar-refractivity contribution in [2.75, 3.05) is 4.90 Å². The fourth-order valence-corrected chi connectivity index (χ4v) is 8.75. The molecule has 0 amide bonds. The average Bonchev–Trinajstić information content (AvgIpc) is 3.70. The standard InChI is InChI=1S/C55H39N7/c1-4-18-38(19-5-1)46-36-40(53-58-54(48-26-14-16-34-56-48)60-55(59-53)49-27-15-17-35-57-49)37-47(39-20-6-2-7-21-39)52(46)61(41-22-8-3-9-23-41)42-30-32-43(33-31-42)62-50-28-12-10-24-44(50)45-25-11-13-29-51(45)62/h1-36,47H,37H2. The zero-order valence-corrected chi connectivity index (χ0v) is 33.7. The maximum atomic E-state index is 5.15. The van der Waals surface area contributed by atoms with Gasteiger partial charge in [0.25, 0.3) is 0 Å². The fourth-order valence-electron chi connectivity index (χ4n) is 8.75. The first kappa shape index (κ1) is 36.8.